The molecule has 2 N–H and O–H groups in total. The Labute approximate surface area is 95.8 Å². The summed E-state index contributed by atoms with van der Waals surface area (Å²) in [5.74, 6) is 0.288. The zero-order valence-corrected chi connectivity index (χ0v) is 9.69. The molecule has 16 heavy (non-hydrogen) atoms. The van der Waals surface area contributed by atoms with Crippen molar-refractivity contribution in [2.75, 3.05) is 32.8 Å². The number of hydrogen-bond donors (Lipinski definition) is 2. The molecule has 2 aliphatic heterocycles. The maximum atomic E-state index is 12.0. The number of rotatable bonds is 2. The molecule has 0 bridgehead atoms. The van der Waals surface area contributed by atoms with Gasteiger partial charge in [0, 0.05) is 32.1 Å². The van der Waals surface area contributed by atoms with Crippen LogP contribution in [0.1, 0.15) is 13.3 Å². The zero-order valence-electron chi connectivity index (χ0n) is 9.69. The minimum atomic E-state index is -0.332. The Kier molecular flexibility index (Phi) is 3.78. The van der Waals surface area contributed by atoms with E-state index in [9.17, 15) is 9.90 Å². The molecule has 3 atom stereocenters. The number of aliphatic hydroxyl groups excluding tert-OH is 1. The van der Waals surface area contributed by atoms with Gasteiger partial charge in [-0.15, -0.1) is 0 Å². The van der Waals surface area contributed by atoms with Gasteiger partial charge in [0.25, 0.3) is 5.91 Å². The highest BCUT2D eigenvalue weighted by Gasteiger charge is 2.33. The van der Waals surface area contributed by atoms with E-state index in [2.05, 4.69) is 5.32 Å². The average molecular weight is 228 g/mol. The Balaban J connectivity index is 1.86. The number of nitrogens with one attached hydrogen (secondary N) is 1. The van der Waals surface area contributed by atoms with E-state index >= 15 is 0 Å². The summed E-state index contributed by atoms with van der Waals surface area (Å²) in [6.07, 6.45) is 0.230. The number of carbonyl (C=O) groups excluding carboxylic acids is 1. The molecule has 2 heterocycles. The number of hydrogen-bond acceptors (Lipinski definition) is 4. The van der Waals surface area contributed by atoms with Crippen molar-refractivity contribution >= 4 is 5.91 Å². The second kappa shape index (κ2) is 5.12. The Morgan fingerprint density at radius 3 is 3.00 bits per heavy atom. The van der Waals surface area contributed by atoms with Crippen LogP contribution in [-0.4, -0.2) is 60.9 Å². The maximum absolute atomic E-state index is 12.0. The smallest absolute Gasteiger partial charge is 0.253 e. The molecule has 2 fully saturated rings. The SMILES string of the molecule is CC(O)C1CCN(C(=O)C2CNCCO2)C1. The molecule has 2 aliphatic rings. The predicted molar refractivity (Wildman–Crippen MR) is 59.0 cm³/mol. The highest BCUT2D eigenvalue weighted by Crippen LogP contribution is 2.20. The Morgan fingerprint density at radius 1 is 1.62 bits per heavy atom. The van der Waals surface area contributed by atoms with E-state index in [1.807, 2.05) is 4.90 Å². The molecule has 0 radical (unpaired) electrons. The van der Waals surface area contributed by atoms with Gasteiger partial charge in [0.15, 0.2) is 0 Å². The molecule has 0 aromatic carbocycles. The van der Waals surface area contributed by atoms with Crippen LogP contribution in [-0.2, 0) is 9.53 Å². The number of nitrogens with zero attached hydrogens (tertiary/aromatic N) is 1. The minimum Gasteiger partial charge on any atom is -0.393 e. The number of likely N-dealkylation sites (tertiary alicyclic amines) is 1. The number of morpholine rings is 1. The van der Waals surface area contributed by atoms with E-state index < -0.39 is 0 Å². The van der Waals surface area contributed by atoms with Crippen LogP contribution in [0.5, 0.6) is 0 Å². The molecule has 92 valence electrons. The van der Waals surface area contributed by atoms with E-state index in [1.165, 1.54) is 0 Å². The Bertz CT molecular complexity index is 252. The van der Waals surface area contributed by atoms with Gasteiger partial charge in [-0.25, -0.2) is 0 Å². The van der Waals surface area contributed by atoms with E-state index in [1.54, 1.807) is 6.92 Å². The standard InChI is InChI=1S/C11H20N2O3/c1-8(14)9-2-4-13(7-9)11(15)10-6-12-3-5-16-10/h8-10,12,14H,2-7H2,1H3. The molecule has 3 unspecified atom stereocenters. The number of amides is 1. The molecule has 2 rings (SSSR count). The lowest BCUT2D eigenvalue weighted by Gasteiger charge is -2.27. The molecule has 0 aromatic rings. The van der Waals surface area contributed by atoms with Gasteiger partial charge in [0.05, 0.1) is 12.7 Å². The number of carbonyl (C=O) groups is 1. The fourth-order valence-electron chi connectivity index (χ4n) is 2.31. The normalized spacial score (nSPS) is 32.8. The van der Waals surface area contributed by atoms with Crippen LogP contribution in [0, 0.1) is 5.92 Å². The van der Waals surface area contributed by atoms with Crippen molar-refractivity contribution in [2.24, 2.45) is 5.92 Å². The van der Waals surface area contributed by atoms with Crippen LogP contribution in [0.4, 0.5) is 0 Å². The van der Waals surface area contributed by atoms with Gasteiger partial charge in [-0.1, -0.05) is 0 Å². The number of ether oxygens (including phenoxy) is 1. The van der Waals surface area contributed by atoms with Gasteiger partial charge in [0.1, 0.15) is 6.10 Å². The van der Waals surface area contributed by atoms with Gasteiger partial charge >= 0.3 is 0 Å². The van der Waals surface area contributed by atoms with Crippen molar-refractivity contribution < 1.29 is 14.6 Å². The van der Waals surface area contributed by atoms with Crippen molar-refractivity contribution in [3.05, 3.63) is 0 Å². The van der Waals surface area contributed by atoms with Crippen LogP contribution in [0.2, 0.25) is 0 Å². The number of aliphatic hydroxyl groups is 1. The third-order valence-electron chi connectivity index (χ3n) is 3.42. The van der Waals surface area contributed by atoms with Crippen molar-refractivity contribution in [2.45, 2.75) is 25.6 Å². The quantitative estimate of drug-likeness (QED) is 0.650. The van der Waals surface area contributed by atoms with Crippen LogP contribution in [0.25, 0.3) is 0 Å². The fraction of sp³-hybridized carbons (Fsp3) is 0.909. The molecule has 0 aromatic heterocycles. The van der Waals surface area contributed by atoms with Gasteiger partial charge in [0.2, 0.25) is 0 Å². The summed E-state index contributed by atoms with van der Waals surface area (Å²) in [6, 6.07) is 0. The first-order chi connectivity index (χ1) is 7.68. The molecular formula is C11H20N2O3. The van der Waals surface area contributed by atoms with Crippen LogP contribution >= 0.6 is 0 Å². The molecular weight excluding hydrogens is 208 g/mol. The summed E-state index contributed by atoms with van der Waals surface area (Å²) >= 11 is 0. The molecule has 0 spiro atoms. The van der Waals surface area contributed by atoms with Crippen molar-refractivity contribution in [1.82, 2.24) is 10.2 Å². The average Bonchev–Trinajstić information content (AvgIpc) is 2.78. The lowest BCUT2D eigenvalue weighted by atomic mass is 10.0. The van der Waals surface area contributed by atoms with Gasteiger partial charge in [-0.2, -0.15) is 0 Å². The monoisotopic (exact) mass is 228 g/mol. The zero-order chi connectivity index (χ0) is 11.5. The molecule has 0 aliphatic carbocycles. The molecule has 0 saturated carbocycles. The lowest BCUT2D eigenvalue weighted by molar-refractivity contribution is -0.144. The molecule has 5 heteroatoms. The van der Waals surface area contributed by atoms with Crippen LogP contribution in [0.15, 0.2) is 0 Å². The third kappa shape index (κ3) is 2.53. The van der Waals surface area contributed by atoms with Crippen molar-refractivity contribution in [3.8, 4) is 0 Å². The summed E-state index contributed by atoms with van der Waals surface area (Å²) in [7, 11) is 0. The first-order valence-electron chi connectivity index (χ1n) is 5.97. The Hall–Kier alpha value is -0.650. The largest absolute Gasteiger partial charge is 0.393 e. The minimum absolute atomic E-state index is 0.0651. The first kappa shape index (κ1) is 11.8. The maximum Gasteiger partial charge on any atom is 0.253 e. The first-order valence-corrected chi connectivity index (χ1v) is 5.97. The summed E-state index contributed by atoms with van der Waals surface area (Å²) < 4.78 is 5.43. The second-order valence-electron chi connectivity index (χ2n) is 4.64. The van der Waals surface area contributed by atoms with Crippen molar-refractivity contribution in [3.63, 3.8) is 0 Å². The summed E-state index contributed by atoms with van der Waals surface area (Å²) in [4.78, 5) is 13.9. The highest BCUT2D eigenvalue weighted by molar-refractivity contribution is 5.81. The second-order valence-corrected chi connectivity index (χ2v) is 4.64. The van der Waals surface area contributed by atoms with Gasteiger partial charge in [-0.05, 0) is 13.3 Å². The third-order valence-corrected chi connectivity index (χ3v) is 3.42. The topological polar surface area (TPSA) is 61.8 Å². The van der Waals surface area contributed by atoms with Gasteiger partial charge in [-0.3, -0.25) is 4.79 Å². The molecule has 5 nitrogen and oxygen atoms in total. The fourth-order valence-corrected chi connectivity index (χ4v) is 2.31. The van der Waals surface area contributed by atoms with Gasteiger partial charge < -0.3 is 20.1 Å². The van der Waals surface area contributed by atoms with Crippen LogP contribution in [0.3, 0.4) is 0 Å². The summed E-state index contributed by atoms with van der Waals surface area (Å²) in [5.41, 5.74) is 0. The van der Waals surface area contributed by atoms with Crippen molar-refractivity contribution in [1.29, 1.82) is 0 Å². The highest BCUT2D eigenvalue weighted by atomic mass is 16.5. The lowest BCUT2D eigenvalue weighted by Crippen LogP contribution is -2.49. The predicted octanol–water partition coefficient (Wildman–Crippen LogP) is -0.796. The van der Waals surface area contributed by atoms with Crippen LogP contribution < -0.4 is 5.32 Å². The van der Waals surface area contributed by atoms with E-state index in [4.69, 9.17) is 4.74 Å². The van der Waals surface area contributed by atoms with E-state index in [-0.39, 0.29) is 24.0 Å². The molecule has 2 saturated heterocycles. The summed E-state index contributed by atoms with van der Waals surface area (Å²) in [5, 5.41) is 12.6. The summed E-state index contributed by atoms with van der Waals surface area (Å²) in [6.45, 7) is 5.22. The van der Waals surface area contributed by atoms with E-state index in [0.717, 1.165) is 19.5 Å². The van der Waals surface area contributed by atoms with E-state index in [0.29, 0.717) is 19.7 Å². The Morgan fingerprint density at radius 2 is 2.44 bits per heavy atom. The molecule has 1 amide bonds.